The van der Waals surface area contributed by atoms with Gasteiger partial charge in [0, 0.05) is 40.3 Å². The summed E-state index contributed by atoms with van der Waals surface area (Å²) in [5.41, 5.74) is 7.55. The van der Waals surface area contributed by atoms with Gasteiger partial charge in [0.15, 0.2) is 0 Å². The molecule has 0 bridgehead atoms. The van der Waals surface area contributed by atoms with Crippen LogP contribution in [0, 0.1) is 0 Å². The smallest absolute Gasteiger partial charge is 0.0370 e. The Bertz CT molecular complexity index is 3450. The Morgan fingerprint density at radius 1 is 0.241 bits per heavy atom. The van der Waals surface area contributed by atoms with Gasteiger partial charge in [-0.25, -0.2) is 0 Å². The molecule has 0 atom stereocenters. The molecule has 10 aromatic carbocycles. The van der Waals surface area contributed by atoms with Crippen molar-refractivity contribution < 1.29 is 0 Å². The maximum absolute atomic E-state index is 2.46. The van der Waals surface area contributed by atoms with Crippen LogP contribution < -0.4 is 0 Å². The molecule has 2 heterocycles. The standard InChI is InChI=1S/C52H30S2/c1-2-12-33-26-35(21-20-31(33)10-1)34-13-9-14-36(27-34)50-40-16-5-7-18-42(40)51(43-19-8-6-17-41(43)50)37-22-24-39-44-29-45-49(30-48(44)54-47(39)28-37)53-46-25-23-32-11-3-4-15-38(32)52(45)46/h1-30H. The molecule has 0 aliphatic rings. The number of rotatable bonds is 3. The summed E-state index contributed by atoms with van der Waals surface area (Å²) in [4.78, 5) is 0. The van der Waals surface area contributed by atoms with Gasteiger partial charge in [0.1, 0.15) is 0 Å². The van der Waals surface area contributed by atoms with Crippen molar-refractivity contribution in [3.8, 4) is 33.4 Å². The van der Waals surface area contributed by atoms with Gasteiger partial charge in [-0.3, -0.25) is 0 Å². The van der Waals surface area contributed by atoms with E-state index in [0.29, 0.717) is 0 Å². The van der Waals surface area contributed by atoms with Gasteiger partial charge in [-0.15, -0.1) is 22.7 Å². The molecule has 0 N–H and O–H groups in total. The molecular weight excluding hydrogens is 689 g/mol. The lowest BCUT2D eigenvalue weighted by molar-refractivity contribution is 1.63. The molecule has 12 rings (SSSR count). The van der Waals surface area contributed by atoms with Crippen LogP contribution >= 0.6 is 22.7 Å². The Hall–Kier alpha value is -6.32. The first-order valence-corrected chi connectivity index (χ1v) is 20.1. The maximum atomic E-state index is 2.46. The van der Waals surface area contributed by atoms with E-state index in [4.69, 9.17) is 0 Å². The average Bonchev–Trinajstić information content (AvgIpc) is 3.78. The molecule has 0 fully saturated rings. The molecule has 2 heteroatoms. The predicted octanol–water partition coefficient (Wildman–Crippen LogP) is 16.0. The minimum atomic E-state index is 1.23. The van der Waals surface area contributed by atoms with Gasteiger partial charge < -0.3 is 0 Å². The lowest BCUT2D eigenvalue weighted by Crippen LogP contribution is -1.91. The number of hydrogen-bond acceptors (Lipinski definition) is 2. The van der Waals surface area contributed by atoms with E-state index in [1.807, 2.05) is 22.7 Å². The predicted molar refractivity (Wildman–Crippen MR) is 239 cm³/mol. The van der Waals surface area contributed by atoms with Crippen LogP contribution in [0.1, 0.15) is 0 Å². The van der Waals surface area contributed by atoms with Gasteiger partial charge in [0.2, 0.25) is 0 Å². The first-order valence-electron chi connectivity index (χ1n) is 18.5. The lowest BCUT2D eigenvalue weighted by atomic mass is 9.85. The Balaban J connectivity index is 1.05. The molecule has 54 heavy (non-hydrogen) atoms. The minimum absolute atomic E-state index is 1.23. The van der Waals surface area contributed by atoms with E-state index in [9.17, 15) is 0 Å². The summed E-state index contributed by atoms with van der Waals surface area (Å²) in [6.45, 7) is 0. The minimum Gasteiger partial charge on any atom is -0.135 e. The van der Waals surface area contributed by atoms with E-state index in [2.05, 4.69) is 182 Å². The molecule has 0 aliphatic carbocycles. The van der Waals surface area contributed by atoms with Crippen molar-refractivity contribution in [3.63, 3.8) is 0 Å². The fourth-order valence-corrected chi connectivity index (χ4v) is 11.3. The molecular formula is C52H30S2. The van der Waals surface area contributed by atoms with E-state index in [-0.39, 0.29) is 0 Å². The molecule has 0 spiro atoms. The SMILES string of the molecule is c1cc(-c2ccc3ccccc3c2)cc(-c2c3ccccc3c(-c3ccc4c(c3)sc3cc5sc6ccc7ccccc7c6c5cc34)c3ccccc23)c1. The Kier molecular flexibility index (Phi) is 6.48. The summed E-state index contributed by atoms with van der Waals surface area (Å²) in [5, 5.41) is 15.7. The number of thiophene rings is 2. The van der Waals surface area contributed by atoms with Crippen molar-refractivity contribution in [3.05, 3.63) is 182 Å². The van der Waals surface area contributed by atoms with Crippen LogP contribution in [0.4, 0.5) is 0 Å². The molecule has 2 aromatic heterocycles. The third-order valence-corrected chi connectivity index (χ3v) is 13.6. The van der Waals surface area contributed by atoms with Crippen molar-refractivity contribution >= 4 is 106 Å². The monoisotopic (exact) mass is 718 g/mol. The van der Waals surface area contributed by atoms with Crippen LogP contribution in [-0.2, 0) is 0 Å². The van der Waals surface area contributed by atoms with Crippen molar-refractivity contribution in [2.24, 2.45) is 0 Å². The average molecular weight is 719 g/mol. The highest BCUT2D eigenvalue weighted by Crippen LogP contribution is 2.47. The van der Waals surface area contributed by atoms with Crippen LogP contribution in [0.25, 0.3) is 117 Å². The largest absolute Gasteiger partial charge is 0.135 e. The fraction of sp³-hybridized carbons (Fsp3) is 0. The first kappa shape index (κ1) is 30.2. The zero-order valence-corrected chi connectivity index (χ0v) is 30.8. The van der Waals surface area contributed by atoms with Gasteiger partial charge in [-0.1, -0.05) is 146 Å². The zero-order valence-electron chi connectivity index (χ0n) is 29.1. The van der Waals surface area contributed by atoms with Crippen molar-refractivity contribution in [1.29, 1.82) is 0 Å². The van der Waals surface area contributed by atoms with Crippen LogP contribution in [-0.4, -0.2) is 0 Å². The van der Waals surface area contributed by atoms with E-state index in [0.717, 1.165) is 0 Å². The van der Waals surface area contributed by atoms with Crippen LogP contribution in [0.15, 0.2) is 182 Å². The first-order chi connectivity index (χ1) is 26.7. The maximum Gasteiger partial charge on any atom is 0.0370 e. The summed E-state index contributed by atoms with van der Waals surface area (Å²) in [6.07, 6.45) is 0. The third kappa shape index (κ3) is 4.48. The second-order valence-electron chi connectivity index (χ2n) is 14.4. The van der Waals surface area contributed by atoms with Gasteiger partial charge in [-0.2, -0.15) is 0 Å². The molecule has 250 valence electrons. The summed E-state index contributed by atoms with van der Waals surface area (Å²) in [6, 6.07) is 67.9. The molecule has 0 saturated carbocycles. The summed E-state index contributed by atoms with van der Waals surface area (Å²) in [7, 11) is 0. The second-order valence-corrected chi connectivity index (χ2v) is 16.6. The molecule has 12 aromatic rings. The third-order valence-electron chi connectivity index (χ3n) is 11.4. The number of fused-ring (bicyclic) bond motifs is 11. The molecule has 0 nitrogen and oxygen atoms in total. The van der Waals surface area contributed by atoms with Crippen LogP contribution in [0.5, 0.6) is 0 Å². The van der Waals surface area contributed by atoms with Crippen LogP contribution in [0.3, 0.4) is 0 Å². The Labute approximate surface area is 319 Å². The zero-order chi connectivity index (χ0) is 35.3. The number of hydrogen-bond donors (Lipinski definition) is 0. The Morgan fingerprint density at radius 2 is 0.778 bits per heavy atom. The van der Waals surface area contributed by atoms with Gasteiger partial charge >= 0.3 is 0 Å². The lowest BCUT2D eigenvalue weighted by Gasteiger charge is -2.18. The van der Waals surface area contributed by atoms with Crippen molar-refractivity contribution in [1.82, 2.24) is 0 Å². The van der Waals surface area contributed by atoms with Crippen molar-refractivity contribution in [2.75, 3.05) is 0 Å². The van der Waals surface area contributed by atoms with E-state index in [1.54, 1.807) is 0 Å². The topological polar surface area (TPSA) is 0 Å². The normalized spacial score (nSPS) is 12.1. The summed E-state index contributed by atoms with van der Waals surface area (Å²) >= 11 is 3.83. The quantitative estimate of drug-likeness (QED) is 0.160. The highest BCUT2D eigenvalue weighted by Gasteiger charge is 2.19. The highest BCUT2D eigenvalue weighted by molar-refractivity contribution is 7.28. The fourth-order valence-electron chi connectivity index (χ4n) is 8.95. The summed E-state index contributed by atoms with van der Waals surface area (Å²) < 4.78 is 5.39. The number of benzene rings is 10. The summed E-state index contributed by atoms with van der Waals surface area (Å²) in [5.74, 6) is 0. The Morgan fingerprint density at radius 3 is 1.54 bits per heavy atom. The molecule has 0 saturated heterocycles. The van der Waals surface area contributed by atoms with E-state index >= 15 is 0 Å². The van der Waals surface area contributed by atoms with Gasteiger partial charge in [0.05, 0.1) is 0 Å². The van der Waals surface area contributed by atoms with Gasteiger partial charge in [0.25, 0.3) is 0 Å². The van der Waals surface area contributed by atoms with E-state index < -0.39 is 0 Å². The van der Waals surface area contributed by atoms with Gasteiger partial charge in [-0.05, 0) is 113 Å². The molecule has 0 radical (unpaired) electrons. The second kappa shape index (κ2) is 11.6. The molecule has 0 amide bonds. The van der Waals surface area contributed by atoms with Crippen LogP contribution in [0.2, 0.25) is 0 Å². The van der Waals surface area contributed by atoms with E-state index in [1.165, 1.54) is 117 Å². The highest BCUT2D eigenvalue weighted by atomic mass is 32.1. The molecule has 0 aliphatic heterocycles. The van der Waals surface area contributed by atoms with Crippen molar-refractivity contribution in [2.45, 2.75) is 0 Å². The molecule has 0 unspecified atom stereocenters.